The highest BCUT2D eigenvalue weighted by molar-refractivity contribution is 7.79. The van der Waals surface area contributed by atoms with Gasteiger partial charge in [0.05, 0.1) is 16.4 Å². The van der Waals surface area contributed by atoms with Gasteiger partial charge in [0, 0.05) is 17.0 Å². The van der Waals surface area contributed by atoms with Gasteiger partial charge < -0.3 is 4.52 Å². The first-order valence-corrected chi connectivity index (χ1v) is 6.26. The van der Waals surface area contributed by atoms with E-state index < -0.39 is 4.92 Å². The second-order valence-electron chi connectivity index (χ2n) is 4.18. The Morgan fingerprint density at radius 1 is 1.25 bits per heavy atom. The molecule has 1 aromatic heterocycles. The summed E-state index contributed by atoms with van der Waals surface area (Å²) in [5, 5.41) is 17.0. The van der Waals surface area contributed by atoms with E-state index in [1.54, 1.807) is 0 Å². The van der Waals surface area contributed by atoms with Crippen molar-refractivity contribution >= 4 is 34.2 Å². The van der Waals surface area contributed by atoms with E-state index in [0.717, 1.165) is 5.56 Å². The van der Waals surface area contributed by atoms with E-state index in [4.69, 9.17) is 16.7 Å². The highest BCUT2D eigenvalue weighted by Crippen LogP contribution is 2.34. The van der Waals surface area contributed by atoms with Crippen LogP contribution in [-0.2, 0) is 0 Å². The maximum Gasteiger partial charge on any atom is 0.273 e. The Balaban J connectivity index is 2.40. The average Bonchev–Trinajstić information content (AvgIpc) is 2.90. The van der Waals surface area contributed by atoms with E-state index in [1.165, 1.54) is 17.5 Å². The molecular formula is C14H8N2O3S. The van der Waals surface area contributed by atoms with Crippen molar-refractivity contribution < 1.29 is 9.45 Å². The van der Waals surface area contributed by atoms with E-state index in [2.05, 4.69) is 5.16 Å². The highest BCUT2D eigenvalue weighted by Gasteiger charge is 2.18. The summed E-state index contributed by atoms with van der Waals surface area (Å²) in [4.78, 5) is 10.6. The number of fused-ring (bicyclic) bond motifs is 1. The predicted octanol–water partition coefficient (Wildman–Crippen LogP) is 3.75. The highest BCUT2D eigenvalue weighted by atomic mass is 32.1. The summed E-state index contributed by atoms with van der Waals surface area (Å²) < 4.78 is 5.14. The fourth-order valence-electron chi connectivity index (χ4n) is 2.11. The van der Waals surface area contributed by atoms with Crippen LogP contribution in [0.3, 0.4) is 0 Å². The van der Waals surface area contributed by atoms with Crippen molar-refractivity contribution in [3.63, 3.8) is 0 Å². The molecule has 20 heavy (non-hydrogen) atoms. The Kier molecular flexibility index (Phi) is 3.00. The third kappa shape index (κ3) is 1.96. The lowest BCUT2D eigenvalue weighted by Gasteiger charge is -2.03. The van der Waals surface area contributed by atoms with Crippen LogP contribution >= 0.6 is 12.2 Å². The summed E-state index contributed by atoms with van der Waals surface area (Å²) in [6.45, 7) is 0. The lowest BCUT2D eigenvalue weighted by Crippen LogP contribution is -1.90. The molecule has 0 radical (unpaired) electrons. The molecule has 3 rings (SSSR count). The van der Waals surface area contributed by atoms with Gasteiger partial charge >= 0.3 is 0 Å². The smallest absolute Gasteiger partial charge is 0.273 e. The summed E-state index contributed by atoms with van der Waals surface area (Å²) >= 11 is 4.91. The zero-order chi connectivity index (χ0) is 14.1. The Morgan fingerprint density at radius 3 is 2.65 bits per heavy atom. The van der Waals surface area contributed by atoms with Crippen LogP contribution in [0.2, 0.25) is 0 Å². The molecule has 0 amide bonds. The van der Waals surface area contributed by atoms with Crippen LogP contribution in [-0.4, -0.2) is 15.4 Å². The van der Waals surface area contributed by atoms with Gasteiger partial charge in [-0.25, -0.2) is 0 Å². The molecule has 0 aliphatic carbocycles. The number of nitrogens with zero attached hydrogens (tertiary/aromatic N) is 2. The fourth-order valence-corrected chi connectivity index (χ4v) is 2.27. The maximum absolute atomic E-state index is 11.0. The number of hydrogen-bond acceptors (Lipinski definition) is 5. The van der Waals surface area contributed by atoms with Crippen molar-refractivity contribution in [2.24, 2.45) is 0 Å². The van der Waals surface area contributed by atoms with Crippen LogP contribution < -0.4 is 0 Å². The Hall–Kier alpha value is -2.60. The minimum Gasteiger partial charge on any atom is -0.355 e. The van der Waals surface area contributed by atoms with Gasteiger partial charge in [-0.1, -0.05) is 47.7 Å². The van der Waals surface area contributed by atoms with Gasteiger partial charge in [0.1, 0.15) is 5.69 Å². The Bertz CT molecular complexity index is 812. The average molecular weight is 284 g/mol. The standard InChI is InChI=1S/C14H8N2O3S/c17-16(18)10-6-11(9-4-2-1-3-5-9)14-12(8-20)15-19-13(14)7-10/h1-8H. The molecule has 5 nitrogen and oxygen atoms in total. The monoisotopic (exact) mass is 284 g/mol. The van der Waals surface area contributed by atoms with E-state index in [1.807, 2.05) is 30.3 Å². The van der Waals surface area contributed by atoms with Gasteiger partial charge in [-0.2, -0.15) is 0 Å². The van der Waals surface area contributed by atoms with Gasteiger partial charge in [-0.05, 0) is 5.56 Å². The number of benzene rings is 2. The molecule has 0 unspecified atom stereocenters. The molecule has 0 saturated heterocycles. The van der Waals surface area contributed by atoms with Crippen LogP contribution in [0.25, 0.3) is 22.1 Å². The van der Waals surface area contributed by atoms with E-state index in [-0.39, 0.29) is 5.69 Å². The molecule has 0 bridgehead atoms. The number of nitro benzene ring substituents is 1. The van der Waals surface area contributed by atoms with Crippen LogP contribution in [0.15, 0.2) is 47.0 Å². The van der Waals surface area contributed by atoms with Crippen molar-refractivity contribution in [2.75, 3.05) is 0 Å². The summed E-state index contributed by atoms with van der Waals surface area (Å²) in [6.07, 6.45) is 0. The molecule has 6 heteroatoms. The first-order valence-electron chi connectivity index (χ1n) is 5.79. The lowest BCUT2D eigenvalue weighted by atomic mass is 10.00. The topological polar surface area (TPSA) is 69.2 Å². The zero-order valence-corrected chi connectivity index (χ0v) is 11.0. The van der Waals surface area contributed by atoms with E-state index in [0.29, 0.717) is 22.2 Å². The van der Waals surface area contributed by atoms with Gasteiger partial charge in [0.2, 0.25) is 0 Å². The quantitative estimate of drug-likeness (QED) is 0.416. The van der Waals surface area contributed by atoms with Crippen LogP contribution in [0.5, 0.6) is 0 Å². The molecule has 0 N–H and O–H groups in total. The summed E-state index contributed by atoms with van der Waals surface area (Å²) in [5.41, 5.74) is 2.36. The fraction of sp³-hybridized carbons (Fsp3) is 0. The predicted molar refractivity (Wildman–Crippen MR) is 78.9 cm³/mol. The largest absolute Gasteiger partial charge is 0.355 e. The van der Waals surface area contributed by atoms with Gasteiger partial charge in [0.25, 0.3) is 5.69 Å². The Morgan fingerprint density at radius 2 is 2.00 bits per heavy atom. The van der Waals surface area contributed by atoms with Crippen LogP contribution in [0, 0.1) is 10.1 Å². The molecule has 0 spiro atoms. The number of rotatable bonds is 3. The van der Waals surface area contributed by atoms with Crippen molar-refractivity contribution in [3.05, 3.63) is 58.3 Å². The summed E-state index contributed by atoms with van der Waals surface area (Å²) in [7, 11) is 0. The summed E-state index contributed by atoms with van der Waals surface area (Å²) in [6, 6.07) is 12.2. The molecule has 0 fully saturated rings. The summed E-state index contributed by atoms with van der Waals surface area (Å²) in [5.74, 6) is 0. The second kappa shape index (κ2) is 4.82. The molecule has 0 saturated carbocycles. The van der Waals surface area contributed by atoms with Crippen molar-refractivity contribution in [1.29, 1.82) is 0 Å². The van der Waals surface area contributed by atoms with Crippen molar-refractivity contribution in [3.8, 4) is 11.1 Å². The SMILES string of the molecule is O=[N+]([O-])c1cc(-c2ccccc2)c2c(C=S)noc2c1. The third-order valence-electron chi connectivity index (χ3n) is 2.99. The van der Waals surface area contributed by atoms with Crippen LogP contribution in [0.4, 0.5) is 5.69 Å². The number of non-ortho nitro benzene ring substituents is 1. The minimum absolute atomic E-state index is 0.0385. The van der Waals surface area contributed by atoms with E-state index >= 15 is 0 Å². The molecule has 98 valence electrons. The van der Waals surface area contributed by atoms with Gasteiger partial charge in [-0.15, -0.1) is 0 Å². The normalized spacial score (nSPS) is 10.6. The zero-order valence-electron chi connectivity index (χ0n) is 10.1. The molecule has 3 aromatic rings. The molecule has 1 heterocycles. The second-order valence-corrected chi connectivity index (χ2v) is 4.41. The van der Waals surface area contributed by atoms with E-state index in [9.17, 15) is 10.1 Å². The minimum atomic E-state index is -0.453. The van der Waals surface area contributed by atoms with Gasteiger partial charge in [-0.3, -0.25) is 10.1 Å². The number of nitro groups is 1. The molecule has 2 aromatic carbocycles. The van der Waals surface area contributed by atoms with Crippen LogP contribution in [0.1, 0.15) is 5.69 Å². The Labute approximate surface area is 119 Å². The number of thiocarbonyl (C=S) groups is 1. The van der Waals surface area contributed by atoms with Gasteiger partial charge in [0.15, 0.2) is 5.58 Å². The molecule has 0 aliphatic rings. The number of hydrogen-bond donors (Lipinski definition) is 0. The van der Waals surface area contributed by atoms with Crippen molar-refractivity contribution in [1.82, 2.24) is 5.16 Å². The maximum atomic E-state index is 11.0. The first-order chi connectivity index (χ1) is 9.70. The molecular weight excluding hydrogens is 276 g/mol. The van der Waals surface area contributed by atoms with Crippen molar-refractivity contribution in [2.45, 2.75) is 0 Å². The number of aromatic nitrogens is 1. The first kappa shape index (κ1) is 12.4. The third-order valence-corrected chi connectivity index (χ3v) is 3.22. The molecule has 0 atom stereocenters. The molecule has 0 aliphatic heterocycles. The lowest BCUT2D eigenvalue weighted by molar-refractivity contribution is -0.384.